The Morgan fingerprint density at radius 3 is 2.78 bits per heavy atom. The van der Waals surface area contributed by atoms with E-state index in [1.54, 1.807) is 6.07 Å². The van der Waals surface area contributed by atoms with Crippen LogP contribution in [0, 0.1) is 23.1 Å². The second-order valence-corrected chi connectivity index (χ2v) is 5.10. The van der Waals surface area contributed by atoms with E-state index < -0.39 is 0 Å². The normalized spacial score (nSPS) is 25.1. The highest BCUT2D eigenvalue weighted by Gasteiger charge is 2.33. The minimum absolute atomic E-state index is 0.00477. The van der Waals surface area contributed by atoms with Gasteiger partial charge in [0.05, 0.1) is 12.0 Å². The Morgan fingerprint density at radius 1 is 1.39 bits per heavy atom. The fraction of sp³-hybridized carbons (Fsp3) is 0.533. The van der Waals surface area contributed by atoms with Crippen LogP contribution < -0.4 is 0 Å². The first kappa shape index (κ1) is 13.0. The van der Waals surface area contributed by atoms with Crippen LogP contribution in [0.3, 0.4) is 0 Å². The van der Waals surface area contributed by atoms with Crippen LogP contribution in [0.15, 0.2) is 24.3 Å². The summed E-state index contributed by atoms with van der Waals surface area (Å²) in [5.41, 5.74) is 0.712. The molecule has 0 saturated heterocycles. The molecule has 1 aliphatic carbocycles. The molecule has 1 aliphatic rings. The Labute approximate surface area is 108 Å². The lowest BCUT2D eigenvalue weighted by molar-refractivity contribution is 0.164. The van der Waals surface area contributed by atoms with E-state index in [0.717, 1.165) is 19.3 Å². The lowest BCUT2D eigenvalue weighted by Gasteiger charge is -2.32. The lowest BCUT2D eigenvalue weighted by Crippen LogP contribution is -2.36. The molecule has 1 aromatic carbocycles. The van der Waals surface area contributed by atoms with Crippen molar-refractivity contribution in [2.24, 2.45) is 5.92 Å². The number of nitrogens with zero attached hydrogens (tertiary/aromatic N) is 2. The number of hydrogen-bond acceptors (Lipinski definition) is 2. The molecule has 1 fully saturated rings. The zero-order valence-electron chi connectivity index (χ0n) is 10.9. The van der Waals surface area contributed by atoms with Crippen molar-refractivity contribution in [1.29, 1.82) is 5.26 Å². The van der Waals surface area contributed by atoms with Gasteiger partial charge in [-0.25, -0.2) is 4.39 Å². The van der Waals surface area contributed by atoms with Gasteiger partial charge < -0.3 is 0 Å². The van der Waals surface area contributed by atoms with Gasteiger partial charge in [-0.1, -0.05) is 24.6 Å². The molecule has 0 N–H and O–H groups in total. The fourth-order valence-electron chi connectivity index (χ4n) is 2.90. The second-order valence-electron chi connectivity index (χ2n) is 5.10. The Balaban J connectivity index is 2.17. The monoisotopic (exact) mass is 246 g/mol. The molecular formula is C15H19FN2. The first-order valence-corrected chi connectivity index (χ1v) is 6.51. The van der Waals surface area contributed by atoms with Crippen LogP contribution in [0.25, 0.3) is 0 Å². The van der Waals surface area contributed by atoms with Gasteiger partial charge in [-0.15, -0.1) is 0 Å². The summed E-state index contributed by atoms with van der Waals surface area (Å²) in [6.07, 6.45) is 3.10. The molecule has 2 rings (SSSR count). The van der Waals surface area contributed by atoms with Gasteiger partial charge in [0.25, 0.3) is 0 Å². The Morgan fingerprint density at radius 2 is 2.11 bits per heavy atom. The van der Waals surface area contributed by atoms with Crippen molar-refractivity contribution in [2.75, 3.05) is 7.05 Å². The minimum Gasteiger partial charge on any atom is -0.295 e. The quantitative estimate of drug-likeness (QED) is 0.816. The van der Waals surface area contributed by atoms with Crippen molar-refractivity contribution < 1.29 is 4.39 Å². The summed E-state index contributed by atoms with van der Waals surface area (Å²) in [6, 6.07) is 9.53. The molecule has 1 saturated carbocycles. The maximum atomic E-state index is 13.8. The smallest absolute Gasteiger partial charge is 0.127 e. The number of nitriles is 1. The lowest BCUT2D eigenvalue weighted by atomic mass is 10.00. The Bertz CT molecular complexity index is 452. The second kappa shape index (κ2) is 5.49. The molecule has 0 bridgehead atoms. The van der Waals surface area contributed by atoms with Gasteiger partial charge in [-0.2, -0.15) is 5.26 Å². The van der Waals surface area contributed by atoms with Crippen LogP contribution in [0.5, 0.6) is 0 Å². The average molecular weight is 246 g/mol. The zero-order chi connectivity index (χ0) is 13.1. The van der Waals surface area contributed by atoms with E-state index in [4.69, 9.17) is 5.26 Å². The van der Waals surface area contributed by atoms with E-state index in [1.807, 2.05) is 26.1 Å². The molecule has 0 amide bonds. The third kappa shape index (κ3) is 2.39. The maximum Gasteiger partial charge on any atom is 0.127 e. The van der Waals surface area contributed by atoms with Crippen LogP contribution in [0.1, 0.15) is 37.8 Å². The predicted octanol–water partition coefficient (Wildman–Crippen LogP) is 3.51. The van der Waals surface area contributed by atoms with Gasteiger partial charge in [-0.05, 0) is 32.9 Å². The van der Waals surface area contributed by atoms with E-state index in [1.165, 1.54) is 6.07 Å². The largest absolute Gasteiger partial charge is 0.295 e. The molecule has 0 aliphatic heterocycles. The molecular weight excluding hydrogens is 227 g/mol. The van der Waals surface area contributed by atoms with Crippen LogP contribution in [-0.2, 0) is 0 Å². The van der Waals surface area contributed by atoms with E-state index in [9.17, 15) is 4.39 Å². The van der Waals surface area contributed by atoms with Gasteiger partial charge in [0.1, 0.15) is 5.82 Å². The molecule has 1 aromatic rings. The Kier molecular flexibility index (Phi) is 3.98. The SMILES string of the molecule is CC(c1ccccc1F)N(C)C1CCCC1C#N. The predicted molar refractivity (Wildman–Crippen MR) is 69.3 cm³/mol. The molecule has 0 aromatic heterocycles. The van der Waals surface area contributed by atoms with Gasteiger partial charge in [0, 0.05) is 17.6 Å². The highest BCUT2D eigenvalue weighted by molar-refractivity contribution is 5.21. The summed E-state index contributed by atoms with van der Waals surface area (Å²) in [4.78, 5) is 2.15. The molecule has 3 heteroatoms. The molecule has 2 nitrogen and oxygen atoms in total. The number of rotatable bonds is 3. The molecule has 3 atom stereocenters. The van der Waals surface area contributed by atoms with Crippen molar-refractivity contribution in [3.63, 3.8) is 0 Å². The van der Waals surface area contributed by atoms with Crippen molar-refractivity contribution in [3.05, 3.63) is 35.6 Å². The van der Waals surface area contributed by atoms with E-state index in [-0.39, 0.29) is 23.8 Å². The third-order valence-corrected chi connectivity index (χ3v) is 4.13. The number of hydrogen-bond donors (Lipinski definition) is 0. The summed E-state index contributed by atoms with van der Waals surface area (Å²) in [5.74, 6) is -0.0763. The summed E-state index contributed by atoms with van der Waals surface area (Å²) >= 11 is 0. The topological polar surface area (TPSA) is 27.0 Å². The molecule has 0 spiro atoms. The Hall–Kier alpha value is -1.40. The van der Waals surface area contributed by atoms with Gasteiger partial charge in [0.2, 0.25) is 0 Å². The minimum atomic E-state index is -0.164. The first-order chi connectivity index (χ1) is 8.65. The molecule has 3 unspecified atom stereocenters. The zero-order valence-corrected chi connectivity index (χ0v) is 10.9. The highest BCUT2D eigenvalue weighted by atomic mass is 19.1. The van der Waals surface area contributed by atoms with Crippen molar-refractivity contribution in [1.82, 2.24) is 4.90 Å². The van der Waals surface area contributed by atoms with E-state index in [0.29, 0.717) is 5.56 Å². The van der Waals surface area contributed by atoms with E-state index in [2.05, 4.69) is 11.0 Å². The molecule has 96 valence electrons. The van der Waals surface area contributed by atoms with Crippen molar-refractivity contribution in [3.8, 4) is 6.07 Å². The summed E-state index contributed by atoms with van der Waals surface area (Å²) in [7, 11) is 2.00. The number of halogens is 1. The van der Waals surface area contributed by atoms with E-state index >= 15 is 0 Å². The van der Waals surface area contributed by atoms with Crippen LogP contribution in [0.4, 0.5) is 4.39 Å². The summed E-state index contributed by atoms with van der Waals surface area (Å²) < 4.78 is 13.8. The number of benzene rings is 1. The van der Waals surface area contributed by atoms with Gasteiger partial charge >= 0.3 is 0 Å². The molecule has 0 radical (unpaired) electrons. The molecule has 18 heavy (non-hydrogen) atoms. The standard InChI is InChI=1S/C15H19FN2/c1-11(13-7-3-4-8-14(13)16)18(2)15-9-5-6-12(15)10-17/h3-4,7-8,11-12,15H,5-6,9H2,1-2H3. The average Bonchev–Trinajstić information content (AvgIpc) is 2.86. The summed E-state index contributed by atoms with van der Waals surface area (Å²) in [5, 5.41) is 9.14. The van der Waals surface area contributed by atoms with Crippen LogP contribution in [0.2, 0.25) is 0 Å². The first-order valence-electron chi connectivity index (χ1n) is 6.51. The molecule has 0 heterocycles. The maximum absolute atomic E-state index is 13.8. The highest BCUT2D eigenvalue weighted by Crippen LogP contribution is 2.33. The van der Waals surface area contributed by atoms with Gasteiger partial charge in [-0.3, -0.25) is 4.90 Å². The van der Waals surface area contributed by atoms with Crippen LogP contribution >= 0.6 is 0 Å². The van der Waals surface area contributed by atoms with Crippen LogP contribution in [-0.4, -0.2) is 18.0 Å². The van der Waals surface area contributed by atoms with Crippen molar-refractivity contribution >= 4 is 0 Å². The third-order valence-electron chi connectivity index (χ3n) is 4.13. The summed E-state index contributed by atoms with van der Waals surface area (Å²) in [6.45, 7) is 2.01. The van der Waals surface area contributed by atoms with Gasteiger partial charge in [0.15, 0.2) is 0 Å². The van der Waals surface area contributed by atoms with Crippen molar-refractivity contribution in [2.45, 2.75) is 38.3 Å². The fourth-order valence-corrected chi connectivity index (χ4v) is 2.90.